The van der Waals surface area contributed by atoms with Crippen LogP contribution in [0.5, 0.6) is 0 Å². The molecule has 2 amide bonds. The maximum Gasteiger partial charge on any atom is 0.239 e. The quantitative estimate of drug-likeness (QED) is 0.662. The highest BCUT2D eigenvalue weighted by molar-refractivity contribution is 6.35. The second-order valence-corrected chi connectivity index (χ2v) is 6.74. The molecule has 5 nitrogen and oxygen atoms in total. The first kappa shape index (κ1) is 23.0. The zero-order valence-corrected chi connectivity index (χ0v) is 16.3. The summed E-state index contributed by atoms with van der Waals surface area (Å²) in [4.78, 5) is 23.6. The Morgan fingerprint density at radius 3 is 2.38 bits per heavy atom. The van der Waals surface area contributed by atoms with Gasteiger partial charge in [0.15, 0.2) is 0 Å². The van der Waals surface area contributed by atoms with Gasteiger partial charge >= 0.3 is 0 Å². The van der Waals surface area contributed by atoms with Crippen LogP contribution in [0.1, 0.15) is 26.3 Å². The number of benzene rings is 1. The highest BCUT2D eigenvalue weighted by atomic mass is 35.5. The van der Waals surface area contributed by atoms with Crippen molar-refractivity contribution >= 4 is 47.4 Å². The zero-order valence-electron chi connectivity index (χ0n) is 13.9. The average Bonchev–Trinajstić information content (AvgIpc) is 2.46. The van der Waals surface area contributed by atoms with Crippen LogP contribution in [-0.4, -0.2) is 30.4 Å². The molecule has 136 valence electrons. The van der Waals surface area contributed by atoms with E-state index in [1.54, 1.807) is 12.1 Å². The van der Waals surface area contributed by atoms with E-state index in [1.807, 2.05) is 26.8 Å². The second kappa shape index (κ2) is 10.8. The fraction of sp³-hybridized carbons (Fsp3) is 0.500. The van der Waals surface area contributed by atoms with Crippen molar-refractivity contribution < 1.29 is 9.59 Å². The van der Waals surface area contributed by atoms with Crippen molar-refractivity contribution in [3.63, 3.8) is 0 Å². The standard InChI is InChI=1S/C16H23Cl2N3O2.ClH/c1-9(2)15(19)16(23)20-8-14(22)21-10(3)6-11-4-5-12(17)7-13(11)18;/h4-5,7,9-10,15H,6,8,19H2,1-3H3,(H,20,23)(H,21,22);1H/t10?,15-;/m0./s1. The van der Waals surface area contributed by atoms with Crippen molar-refractivity contribution in [3.8, 4) is 0 Å². The summed E-state index contributed by atoms with van der Waals surface area (Å²) in [6.45, 7) is 5.47. The van der Waals surface area contributed by atoms with Gasteiger partial charge in [0.1, 0.15) is 0 Å². The Hall–Kier alpha value is -1.01. The lowest BCUT2D eigenvalue weighted by Gasteiger charge is -2.17. The SMILES string of the molecule is CC(Cc1ccc(Cl)cc1Cl)NC(=O)CNC(=O)[C@@H](N)C(C)C.Cl. The molecule has 0 aliphatic rings. The third kappa shape index (κ3) is 7.71. The lowest BCUT2D eigenvalue weighted by atomic mass is 10.1. The molecule has 24 heavy (non-hydrogen) atoms. The van der Waals surface area contributed by atoms with E-state index in [0.717, 1.165) is 5.56 Å². The summed E-state index contributed by atoms with van der Waals surface area (Å²) in [5, 5.41) is 6.47. The largest absolute Gasteiger partial charge is 0.352 e. The molecule has 0 aromatic heterocycles. The van der Waals surface area contributed by atoms with Crippen molar-refractivity contribution in [2.75, 3.05) is 6.54 Å². The lowest BCUT2D eigenvalue weighted by Crippen LogP contribution is -2.48. The third-order valence-electron chi connectivity index (χ3n) is 3.39. The molecule has 0 bridgehead atoms. The van der Waals surface area contributed by atoms with Crippen molar-refractivity contribution in [3.05, 3.63) is 33.8 Å². The molecule has 0 spiro atoms. The van der Waals surface area contributed by atoms with Crippen molar-refractivity contribution in [2.24, 2.45) is 11.7 Å². The van der Waals surface area contributed by atoms with Gasteiger partial charge in [0.05, 0.1) is 12.6 Å². The van der Waals surface area contributed by atoms with E-state index in [-0.39, 0.29) is 42.7 Å². The molecule has 0 saturated carbocycles. The van der Waals surface area contributed by atoms with E-state index in [2.05, 4.69) is 10.6 Å². The van der Waals surface area contributed by atoms with Gasteiger partial charge in [-0.15, -0.1) is 12.4 Å². The van der Waals surface area contributed by atoms with E-state index >= 15 is 0 Å². The Morgan fingerprint density at radius 1 is 1.21 bits per heavy atom. The summed E-state index contributed by atoms with van der Waals surface area (Å²) < 4.78 is 0. The number of hydrogen-bond donors (Lipinski definition) is 3. The minimum Gasteiger partial charge on any atom is -0.352 e. The number of nitrogens with two attached hydrogens (primary N) is 1. The summed E-state index contributed by atoms with van der Waals surface area (Å²) in [5.74, 6) is -0.584. The fourth-order valence-corrected chi connectivity index (χ4v) is 2.47. The van der Waals surface area contributed by atoms with Gasteiger partial charge in [0.2, 0.25) is 11.8 Å². The monoisotopic (exact) mass is 395 g/mol. The molecule has 4 N–H and O–H groups in total. The van der Waals surface area contributed by atoms with Crippen LogP contribution in [0, 0.1) is 5.92 Å². The van der Waals surface area contributed by atoms with Gasteiger partial charge in [-0.3, -0.25) is 9.59 Å². The normalized spacial score (nSPS) is 13.0. The van der Waals surface area contributed by atoms with Crippen LogP contribution in [0.3, 0.4) is 0 Å². The van der Waals surface area contributed by atoms with Gasteiger partial charge in [-0.2, -0.15) is 0 Å². The summed E-state index contributed by atoms with van der Waals surface area (Å²) in [5.41, 5.74) is 6.61. The lowest BCUT2D eigenvalue weighted by molar-refractivity contribution is -0.127. The van der Waals surface area contributed by atoms with Gasteiger partial charge in [-0.25, -0.2) is 0 Å². The van der Waals surface area contributed by atoms with Gasteiger partial charge in [0, 0.05) is 16.1 Å². The van der Waals surface area contributed by atoms with Gasteiger partial charge in [0.25, 0.3) is 0 Å². The average molecular weight is 397 g/mol. The molecule has 0 aliphatic heterocycles. The Labute approximate surface area is 159 Å². The summed E-state index contributed by atoms with van der Waals surface area (Å²) in [6.07, 6.45) is 0.571. The smallest absolute Gasteiger partial charge is 0.239 e. The van der Waals surface area contributed by atoms with Crippen LogP contribution in [0.2, 0.25) is 10.0 Å². The predicted octanol–water partition coefficient (Wildman–Crippen LogP) is 2.56. The summed E-state index contributed by atoms with van der Waals surface area (Å²) in [6, 6.07) is 4.51. The van der Waals surface area contributed by atoms with Crippen LogP contribution < -0.4 is 16.4 Å². The molecule has 0 fully saturated rings. The second-order valence-electron chi connectivity index (χ2n) is 5.90. The molecule has 1 unspecified atom stereocenters. The Bertz CT molecular complexity index is 567. The number of nitrogens with one attached hydrogen (secondary N) is 2. The van der Waals surface area contributed by atoms with E-state index in [0.29, 0.717) is 16.5 Å². The number of hydrogen-bond acceptors (Lipinski definition) is 3. The van der Waals surface area contributed by atoms with Gasteiger partial charge in [-0.05, 0) is 37.0 Å². The fourth-order valence-electron chi connectivity index (χ4n) is 1.98. The number of carbonyl (C=O) groups is 2. The molecular weight excluding hydrogens is 373 g/mol. The molecule has 1 aromatic carbocycles. The van der Waals surface area contributed by atoms with Crippen LogP contribution in [0.4, 0.5) is 0 Å². The van der Waals surface area contributed by atoms with Crippen LogP contribution in [0.25, 0.3) is 0 Å². The molecule has 0 saturated heterocycles. The first-order valence-corrected chi connectivity index (χ1v) is 8.23. The van der Waals surface area contributed by atoms with Crippen LogP contribution in [0.15, 0.2) is 18.2 Å². The topological polar surface area (TPSA) is 84.2 Å². The van der Waals surface area contributed by atoms with Crippen molar-refractivity contribution in [1.29, 1.82) is 0 Å². The first-order chi connectivity index (χ1) is 10.7. The summed E-state index contributed by atoms with van der Waals surface area (Å²) >= 11 is 12.0. The molecular formula is C16H24Cl3N3O2. The number of carbonyl (C=O) groups excluding carboxylic acids is 2. The minimum atomic E-state index is -0.618. The zero-order chi connectivity index (χ0) is 17.6. The molecule has 8 heteroatoms. The number of halogens is 3. The Balaban J connectivity index is 0.00000529. The molecule has 2 atom stereocenters. The predicted molar refractivity (Wildman–Crippen MR) is 101 cm³/mol. The summed E-state index contributed by atoms with van der Waals surface area (Å²) in [7, 11) is 0. The van der Waals surface area contributed by atoms with Gasteiger partial charge < -0.3 is 16.4 Å². The molecule has 0 heterocycles. The maximum atomic E-state index is 11.9. The van der Waals surface area contributed by atoms with Crippen molar-refractivity contribution in [2.45, 2.75) is 39.3 Å². The van der Waals surface area contributed by atoms with Gasteiger partial charge in [-0.1, -0.05) is 43.1 Å². The Morgan fingerprint density at radius 2 is 1.83 bits per heavy atom. The minimum absolute atomic E-state index is 0. The van der Waals surface area contributed by atoms with E-state index in [1.165, 1.54) is 0 Å². The molecule has 0 radical (unpaired) electrons. The van der Waals surface area contributed by atoms with Crippen LogP contribution >= 0.6 is 35.6 Å². The van der Waals surface area contributed by atoms with E-state index < -0.39 is 6.04 Å². The highest BCUT2D eigenvalue weighted by Gasteiger charge is 2.18. The van der Waals surface area contributed by atoms with E-state index in [9.17, 15) is 9.59 Å². The molecule has 0 aliphatic carbocycles. The third-order valence-corrected chi connectivity index (χ3v) is 3.98. The number of rotatable bonds is 7. The Kier molecular flexibility index (Phi) is 10.3. The number of amides is 2. The molecule has 1 aromatic rings. The van der Waals surface area contributed by atoms with E-state index in [4.69, 9.17) is 28.9 Å². The van der Waals surface area contributed by atoms with Crippen LogP contribution in [-0.2, 0) is 16.0 Å². The maximum absolute atomic E-state index is 11.9. The first-order valence-electron chi connectivity index (χ1n) is 7.47. The van der Waals surface area contributed by atoms with Crippen molar-refractivity contribution in [1.82, 2.24) is 10.6 Å². The molecule has 1 rings (SSSR count). The highest BCUT2D eigenvalue weighted by Crippen LogP contribution is 2.22.